The molecule has 1 atom stereocenters. The molecule has 0 radical (unpaired) electrons. The zero-order valence-corrected chi connectivity index (χ0v) is 11.9. The third-order valence-corrected chi connectivity index (χ3v) is 4.04. The van der Waals surface area contributed by atoms with Gasteiger partial charge in [-0.05, 0) is 19.3 Å². The number of likely N-dealkylation sites (tertiary alicyclic amines) is 1. The predicted molar refractivity (Wildman–Crippen MR) is 75.2 cm³/mol. The van der Waals surface area contributed by atoms with E-state index in [0.717, 1.165) is 19.3 Å². The lowest BCUT2D eigenvalue weighted by molar-refractivity contribution is -0.128. The highest BCUT2D eigenvalue weighted by Gasteiger charge is 2.23. The number of hydrogen-bond donors (Lipinski definition) is 3. The van der Waals surface area contributed by atoms with Gasteiger partial charge in [-0.15, -0.1) is 0 Å². The number of aliphatic hydroxyl groups is 1. The molecule has 2 rings (SSSR count). The van der Waals surface area contributed by atoms with Crippen molar-refractivity contribution in [1.29, 1.82) is 0 Å². The first-order valence-electron chi connectivity index (χ1n) is 7.65. The number of carbonyl (C=O) groups is 2. The molecule has 0 spiro atoms. The van der Waals surface area contributed by atoms with Gasteiger partial charge in [-0.1, -0.05) is 19.3 Å². The Labute approximate surface area is 119 Å². The minimum Gasteiger partial charge on any atom is -0.389 e. The van der Waals surface area contributed by atoms with Gasteiger partial charge in [0.15, 0.2) is 0 Å². The summed E-state index contributed by atoms with van der Waals surface area (Å²) in [6.07, 6.45) is 6.41. The number of amides is 3. The molecule has 2 fully saturated rings. The van der Waals surface area contributed by atoms with Gasteiger partial charge in [-0.2, -0.15) is 0 Å². The van der Waals surface area contributed by atoms with Crippen molar-refractivity contribution in [3.8, 4) is 0 Å². The second kappa shape index (κ2) is 7.47. The molecule has 1 saturated carbocycles. The van der Waals surface area contributed by atoms with Crippen molar-refractivity contribution in [1.82, 2.24) is 15.5 Å². The van der Waals surface area contributed by atoms with E-state index in [0.29, 0.717) is 19.5 Å². The highest BCUT2D eigenvalue weighted by molar-refractivity contribution is 5.78. The van der Waals surface area contributed by atoms with Crippen molar-refractivity contribution in [2.75, 3.05) is 19.6 Å². The SMILES string of the molecule is O=C(NCC(O)CN1CCCC1=O)NC1CCCCC1. The van der Waals surface area contributed by atoms with Gasteiger partial charge in [-0.3, -0.25) is 4.79 Å². The second-order valence-electron chi connectivity index (χ2n) is 5.79. The third kappa shape index (κ3) is 4.67. The van der Waals surface area contributed by atoms with E-state index in [-0.39, 0.29) is 24.5 Å². The van der Waals surface area contributed by atoms with E-state index in [1.54, 1.807) is 4.90 Å². The van der Waals surface area contributed by atoms with Crippen molar-refractivity contribution in [3.63, 3.8) is 0 Å². The number of carbonyl (C=O) groups excluding carboxylic acids is 2. The summed E-state index contributed by atoms with van der Waals surface area (Å²) in [4.78, 5) is 24.8. The molecular weight excluding hydrogens is 258 g/mol. The summed E-state index contributed by atoms with van der Waals surface area (Å²) in [5, 5.41) is 15.5. The highest BCUT2D eigenvalue weighted by Crippen LogP contribution is 2.17. The first-order chi connectivity index (χ1) is 9.65. The predicted octanol–water partition coefficient (Wildman–Crippen LogP) is 0.602. The van der Waals surface area contributed by atoms with E-state index < -0.39 is 6.10 Å². The van der Waals surface area contributed by atoms with Crippen molar-refractivity contribution >= 4 is 11.9 Å². The highest BCUT2D eigenvalue weighted by atomic mass is 16.3. The van der Waals surface area contributed by atoms with Crippen LogP contribution in [0.15, 0.2) is 0 Å². The molecule has 1 heterocycles. The van der Waals surface area contributed by atoms with E-state index in [4.69, 9.17) is 0 Å². The minimum atomic E-state index is -0.700. The molecule has 0 bridgehead atoms. The van der Waals surface area contributed by atoms with Gasteiger partial charge in [0.1, 0.15) is 0 Å². The molecule has 3 amide bonds. The van der Waals surface area contributed by atoms with E-state index in [2.05, 4.69) is 10.6 Å². The molecule has 1 saturated heterocycles. The molecule has 0 aromatic carbocycles. The van der Waals surface area contributed by atoms with Crippen LogP contribution in [0.4, 0.5) is 4.79 Å². The Morgan fingerprint density at radius 1 is 1.30 bits per heavy atom. The van der Waals surface area contributed by atoms with Gasteiger partial charge in [0.05, 0.1) is 6.10 Å². The maximum Gasteiger partial charge on any atom is 0.315 e. The molecule has 3 N–H and O–H groups in total. The van der Waals surface area contributed by atoms with Crippen molar-refractivity contribution in [2.24, 2.45) is 0 Å². The smallest absolute Gasteiger partial charge is 0.315 e. The lowest BCUT2D eigenvalue weighted by Gasteiger charge is -2.24. The lowest BCUT2D eigenvalue weighted by Crippen LogP contribution is -2.47. The van der Waals surface area contributed by atoms with Gasteiger partial charge in [-0.25, -0.2) is 4.79 Å². The number of nitrogens with one attached hydrogen (secondary N) is 2. The molecule has 1 aliphatic heterocycles. The lowest BCUT2D eigenvalue weighted by atomic mass is 9.96. The van der Waals surface area contributed by atoms with Crippen LogP contribution in [0.5, 0.6) is 0 Å². The molecule has 1 aliphatic carbocycles. The number of β-amino-alcohol motifs (C(OH)–C–C–N with tert-alkyl or cyclic N) is 1. The summed E-state index contributed by atoms with van der Waals surface area (Å²) in [6, 6.07) is 0.0461. The van der Waals surface area contributed by atoms with Crippen LogP contribution in [0, 0.1) is 0 Å². The molecule has 6 nitrogen and oxygen atoms in total. The normalized spacial score (nSPS) is 21.9. The van der Waals surface area contributed by atoms with Crippen LogP contribution in [0.25, 0.3) is 0 Å². The molecule has 114 valence electrons. The standard InChI is InChI=1S/C14H25N3O3/c18-12(10-17-8-4-7-13(17)19)9-15-14(20)16-11-5-2-1-3-6-11/h11-12,18H,1-10H2,(H2,15,16,20). The Kier molecular flexibility index (Phi) is 5.64. The fourth-order valence-electron chi connectivity index (χ4n) is 2.91. The van der Waals surface area contributed by atoms with Crippen LogP contribution >= 0.6 is 0 Å². The van der Waals surface area contributed by atoms with Crippen LogP contribution in [0.1, 0.15) is 44.9 Å². The maximum absolute atomic E-state index is 11.7. The summed E-state index contributed by atoms with van der Waals surface area (Å²) >= 11 is 0. The van der Waals surface area contributed by atoms with Crippen LogP contribution < -0.4 is 10.6 Å². The summed E-state index contributed by atoms with van der Waals surface area (Å²) < 4.78 is 0. The number of aliphatic hydroxyl groups excluding tert-OH is 1. The number of nitrogens with zero attached hydrogens (tertiary/aromatic N) is 1. The van der Waals surface area contributed by atoms with Gasteiger partial charge in [0.2, 0.25) is 5.91 Å². The number of rotatable bonds is 5. The maximum atomic E-state index is 11.7. The van der Waals surface area contributed by atoms with E-state index >= 15 is 0 Å². The van der Waals surface area contributed by atoms with Crippen LogP contribution in [0.2, 0.25) is 0 Å². The topological polar surface area (TPSA) is 81.7 Å². The van der Waals surface area contributed by atoms with Crippen LogP contribution in [-0.2, 0) is 4.79 Å². The summed E-state index contributed by atoms with van der Waals surface area (Å²) in [6.45, 7) is 1.20. The second-order valence-corrected chi connectivity index (χ2v) is 5.79. The average molecular weight is 283 g/mol. The largest absolute Gasteiger partial charge is 0.389 e. The summed E-state index contributed by atoms with van der Waals surface area (Å²) in [5.74, 6) is 0.0932. The average Bonchev–Trinajstić information content (AvgIpc) is 2.83. The minimum absolute atomic E-state index is 0.0932. The van der Waals surface area contributed by atoms with Crippen LogP contribution in [-0.4, -0.2) is 53.7 Å². The quantitative estimate of drug-likeness (QED) is 0.691. The zero-order valence-electron chi connectivity index (χ0n) is 11.9. The van der Waals surface area contributed by atoms with Crippen molar-refractivity contribution in [3.05, 3.63) is 0 Å². The Morgan fingerprint density at radius 2 is 2.05 bits per heavy atom. The first-order valence-corrected chi connectivity index (χ1v) is 7.65. The number of hydrogen-bond acceptors (Lipinski definition) is 3. The monoisotopic (exact) mass is 283 g/mol. The van der Waals surface area contributed by atoms with Gasteiger partial charge in [0.25, 0.3) is 0 Å². The van der Waals surface area contributed by atoms with Crippen LogP contribution in [0.3, 0.4) is 0 Å². The summed E-state index contributed by atoms with van der Waals surface area (Å²) in [7, 11) is 0. The summed E-state index contributed by atoms with van der Waals surface area (Å²) in [5.41, 5.74) is 0. The third-order valence-electron chi connectivity index (χ3n) is 4.04. The Bertz CT molecular complexity index is 343. The molecule has 1 unspecified atom stereocenters. The van der Waals surface area contributed by atoms with Gasteiger partial charge < -0.3 is 20.6 Å². The van der Waals surface area contributed by atoms with E-state index in [1.165, 1.54) is 19.3 Å². The first kappa shape index (κ1) is 15.1. The Morgan fingerprint density at radius 3 is 2.70 bits per heavy atom. The van der Waals surface area contributed by atoms with E-state index in [1.807, 2.05) is 0 Å². The molecule has 20 heavy (non-hydrogen) atoms. The fourth-order valence-corrected chi connectivity index (χ4v) is 2.91. The van der Waals surface area contributed by atoms with Gasteiger partial charge >= 0.3 is 6.03 Å². The fraction of sp³-hybridized carbons (Fsp3) is 0.857. The number of urea groups is 1. The molecule has 0 aromatic heterocycles. The Hall–Kier alpha value is -1.30. The molecule has 6 heteroatoms. The molecular formula is C14H25N3O3. The molecule has 2 aliphatic rings. The van der Waals surface area contributed by atoms with Crippen molar-refractivity contribution < 1.29 is 14.7 Å². The zero-order chi connectivity index (χ0) is 14.4. The molecule has 0 aromatic rings. The van der Waals surface area contributed by atoms with Gasteiger partial charge in [0, 0.05) is 32.1 Å². The Balaban J connectivity index is 1.61. The van der Waals surface area contributed by atoms with Crippen molar-refractivity contribution in [2.45, 2.75) is 57.1 Å². The van der Waals surface area contributed by atoms with E-state index in [9.17, 15) is 14.7 Å².